The third-order valence-corrected chi connectivity index (χ3v) is 4.14. The average molecular weight is 360 g/mol. The second-order valence-corrected chi connectivity index (χ2v) is 5.83. The number of pyridine rings is 1. The van der Waals surface area contributed by atoms with Gasteiger partial charge in [0, 0.05) is 31.0 Å². The monoisotopic (exact) mass is 360 g/mol. The Balaban J connectivity index is 1.87. The maximum atomic E-state index is 14.4. The molecule has 0 bridgehead atoms. The number of methoxy groups -OCH3 is 1. The van der Waals surface area contributed by atoms with Crippen molar-refractivity contribution in [3.8, 4) is 0 Å². The van der Waals surface area contributed by atoms with Gasteiger partial charge in [0.15, 0.2) is 0 Å². The molecule has 1 fully saturated rings. The Kier molecular flexibility index (Phi) is 4.97. The number of esters is 1. The molecule has 3 rings (SSSR count). The van der Waals surface area contributed by atoms with E-state index in [0.717, 1.165) is 38.2 Å². The summed E-state index contributed by atoms with van der Waals surface area (Å²) in [5.41, 5.74) is 0.389. The van der Waals surface area contributed by atoms with E-state index in [2.05, 4.69) is 15.0 Å². The van der Waals surface area contributed by atoms with E-state index in [4.69, 9.17) is 0 Å². The first kappa shape index (κ1) is 17.6. The first-order chi connectivity index (χ1) is 12.5. The molecular formula is C17H17FN4O4. The number of carbonyl (C=O) groups excluding carboxylic acids is 1. The molecule has 0 aliphatic carbocycles. The Morgan fingerprint density at radius 3 is 2.69 bits per heavy atom. The second kappa shape index (κ2) is 7.34. The van der Waals surface area contributed by atoms with Crippen LogP contribution in [0.1, 0.15) is 23.2 Å². The Hall–Kier alpha value is -3.23. The van der Waals surface area contributed by atoms with E-state index in [-0.39, 0.29) is 11.4 Å². The number of nitrogens with zero attached hydrogens (tertiary/aromatic N) is 3. The lowest BCUT2D eigenvalue weighted by atomic mass is 10.2. The molecule has 1 saturated heterocycles. The van der Waals surface area contributed by atoms with E-state index in [0.29, 0.717) is 11.4 Å². The second-order valence-electron chi connectivity index (χ2n) is 5.83. The van der Waals surface area contributed by atoms with Crippen LogP contribution in [0.3, 0.4) is 0 Å². The zero-order valence-electron chi connectivity index (χ0n) is 14.1. The maximum absolute atomic E-state index is 14.4. The maximum Gasteiger partial charge on any atom is 0.339 e. The summed E-state index contributed by atoms with van der Waals surface area (Å²) in [5, 5.41) is 14.0. The standard InChI is InChI=1S/C17H17FN4O4/c1-26-17(23)11-8-15(22(24)25)16(19-10-11)20-12-4-5-14(13(18)9-12)21-6-2-3-7-21/h4-5,8-10H,2-3,6-7H2,1H3,(H,19,20). The third kappa shape index (κ3) is 3.56. The van der Waals surface area contributed by atoms with E-state index in [1.165, 1.54) is 13.2 Å². The number of ether oxygens (including phenoxy) is 1. The van der Waals surface area contributed by atoms with Crippen molar-refractivity contribution in [1.29, 1.82) is 0 Å². The molecule has 0 spiro atoms. The number of anilines is 3. The van der Waals surface area contributed by atoms with Crippen molar-refractivity contribution in [2.24, 2.45) is 0 Å². The lowest BCUT2D eigenvalue weighted by Gasteiger charge is -2.19. The molecule has 1 aliphatic rings. The summed E-state index contributed by atoms with van der Waals surface area (Å²) in [4.78, 5) is 28.0. The number of halogens is 1. The summed E-state index contributed by atoms with van der Waals surface area (Å²) in [5.74, 6) is -1.23. The fourth-order valence-electron chi connectivity index (χ4n) is 2.85. The minimum absolute atomic E-state index is 0.0414. The van der Waals surface area contributed by atoms with Gasteiger partial charge in [-0.15, -0.1) is 0 Å². The summed E-state index contributed by atoms with van der Waals surface area (Å²) >= 11 is 0. The number of aromatic nitrogens is 1. The van der Waals surface area contributed by atoms with Crippen LogP contribution in [0.15, 0.2) is 30.5 Å². The van der Waals surface area contributed by atoms with Gasteiger partial charge >= 0.3 is 11.7 Å². The number of hydrogen-bond acceptors (Lipinski definition) is 7. The van der Waals surface area contributed by atoms with E-state index >= 15 is 0 Å². The topological polar surface area (TPSA) is 97.6 Å². The number of nitro groups is 1. The molecule has 2 aromatic rings. The van der Waals surface area contributed by atoms with E-state index in [9.17, 15) is 19.3 Å². The molecular weight excluding hydrogens is 343 g/mol. The highest BCUT2D eigenvalue weighted by Gasteiger charge is 2.21. The zero-order valence-corrected chi connectivity index (χ0v) is 14.1. The minimum Gasteiger partial charge on any atom is -0.465 e. The van der Waals surface area contributed by atoms with Crippen LogP contribution in [-0.2, 0) is 4.74 Å². The van der Waals surface area contributed by atoms with Gasteiger partial charge in [-0.05, 0) is 31.0 Å². The Morgan fingerprint density at radius 2 is 2.08 bits per heavy atom. The van der Waals surface area contributed by atoms with Crippen LogP contribution in [0.5, 0.6) is 0 Å². The molecule has 9 heteroatoms. The van der Waals surface area contributed by atoms with Crippen LogP contribution in [0.4, 0.5) is 27.3 Å². The summed E-state index contributed by atoms with van der Waals surface area (Å²) in [7, 11) is 1.17. The van der Waals surface area contributed by atoms with Gasteiger partial charge in [-0.3, -0.25) is 10.1 Å². The highest BCUT2D eigenvalue weighted by molar-refractivity contribution is 5.90. The normalized spacial score (nSPS) is 13.5. The predicted molar refractivity (Wildman–Crippen MR) is 93.4 cm³/mol. The van der Waals surface area contributed by atoms with E-state index in [1.807, 2.05) is 4.90 Å². The quantitative estimate of drug-likeness (QED) is 0.496. The molecule has 1 aromatic heterocycles. The van der Waals surface area contributed by atoms with Gasteiger partial charge in [0.25, 0.3) is 0 Å². The molecule has 8 nitrogen and oxygen atoms in total. The molecule has 0 amide bonds. The molecule has 2 heterocycles. The molecule has 1 N–H and O–H groups in total. The van der Waals surface area contributed by atoms with E-state index in [1.54, 1.807) is 12.1 Å². The van der Waals surface area contributed by atoms with Gasteiger partial charge in [-0.25, -0.2) is 14.2 Å². The minimum atomic E-state index is -0.729. The molecule has 136 valence electrons. The Morgan fingerprint density at radius 1 is 1.35 bits per heavy atom. The van der Waals surface area contributed by atoms with Crippen molar-refractivity contribution < 1.29 is 18.8 Å². The Labute approximate surface area is 148 Å². The van der Waals surface area contributed by atoms with Crippen LogP contribution in [-0.4, -0.2) is 36.1 Å². The van der Waals surface area contributed by atoms with Crippen molar-refractivity contribution in [2.45, 2.75) is 12.8 Å². The van der Waals surface area contributed by atoms with E-state index < -0.39 is 22.4 Å². The van der Waals surface area contributed by atoms with Gasteiger partial charge < -0.3 is 15.0 Å². The van der Waals surface area contributed by atoms with Gasteiger partial charge in [0.2, 0.25) is 5.82 Å². The van der Waals surface area contributed by atoms with Crippen molar-refractivity contribution >= 4 is 28.8 Å². The number of hydrogen-bond donors (Lipinski definition) is 1. The molecule has 0 saturated carbocycles. The summed E-state index contributed by atoms with van der Waals surface area (Å²) in [6, 6.07) is 5.61. The lowest BCUT2D eigenvalue weighted by molar-refractivity contribution is -0.384. The van der Waals surface area contributed by atoms with Crippen LogP contribution in [0.2, 0.25) is 0 Å². The molecule has 1 aromatic carbocycles. The van der Waals surface area contributed by atoms with Crippen LogP contribution in [0.25, 0.3) is 0 Å². The van der Waals surface area contributed by atoms with Gasteiger partial charge in [0.05, 0.1) is 23.3 Å². The largest absolute Gasteiger partial charge is 0.465 e. The number of nitrogens with one attached hydrogen (secondary N) is 1. The molecule has 1 aliphatic heterocycles. The van der Waals surface area contributed by atoms with Crippen LogP contribution in [0, 0.1) is 15.9 Å². The highest BCUT2D eigenvalue weighted by Crippen LogP contribution is 2.30. The first-order valence-corrected chi connectivity index (χ1v) is 8.04. The van der Waals surface area contributed by atoms with Crippen molar-refractivity contribution in [3.63, 3.8) is 0 Å². The lowest BCUT2D eigenvalue weighted by Crippen LogP contribution is -2.18. The van der Waals surface area contributed by atoms with Crippen LogP contribution >= 0.6 is 0 Å². The van der Waals surface area contributed by atoms with Gasteiger partial charge in [-0.1, -0.05) is 0 Å². The van der Waals surface area contributed by atoms with Crippen LogP contribution < -0.4 is 10.2 Å². The molecule has 0 atom stereocenters. The SMILES string of the molecule is COC(=O)c1cnc(Nc2ccc(N3CCCC3)c(F)c2)c([N+](=O)[O-])c1. The number of benzene rings is 1. The number of carbonyl (C=O) groups is 1. The predicted octanol–water partition coefficient (Wildman–Crippen LogP) is 3.26. The molecule has 0 unspecified atom stereocenters. The number of rotatable bonds is 5. The average Bonchev–Trinajstić information content (AvgIpc) is 3.15. The fraction of sp³-hybridized carbons (Fsp3) is 0.294. The first-order valence-electron chi connectivity index (χ1n) is 8.04. The van der Waals surface area contributed by atoms with Gasteiger partial charge in [0.1, 0.15) is 5.82 Å². The highest BCUT2D eigenvalue weighted by atomic mass is 19.1. The molecule has 26 heavy (non-hydrogen) atoms. The zero-order chi connectivity index (χ0) is 18.7. The van der Waals surface area contributed by atoms with Crippen molar-refractivity contribution in [1.82, 2.24) is 4.98 Å². The van der Waals surface area contributed by atoms with Crippen molar-refractivity contribution in [2.75, 3.05) is 30.4 Å². The van der Waals surface area contributed by atoms with Gasteiger partial charge in [-0.2, -0.15) is 0 Å². The summed E-state index contributed by atoms with van der Waals surface area (Å²) in [6.45, 7) is 1.62. The summed E-state index contributed by atoms with van der Waals surface area (Å²) in [6.07, 6.45) is 3.22. The third-order valence-electron chi connectivity index (χ3n) is 4.14. The van der Waals surface area contributed by atoms with Crippen molar-refractivity contribution in [3.05, 3.63) is 52.0 Å². The molecule has 0 radical (unpaired) electrons. The Bertz CT molecular complexity index is 853. The summed E-state index contributed by atoms with van der Waals surface area (Å²) < 4.78 is 18.9. The fourth-order valence-corrected chi connectivity index (χ4v) is 2.85. The smallest absolute Gasteiger partial charge is 0.339 e.